The van der Waals surface area contributed by atoms with Gasteiger partial charge in [-0.1, -0.05) is 54.6 Å². The van der Waals surface area contributed by atoms with Crippen molar-refractivity contribution in [2.45, 2.75) is 18.7 Å². The minimum atomic E-state index is -0.835. The van der Waals surface area contributed by atoms with Gasteiger partial charge in [0.1, 0.15) is 12.6 Å². The van der Waals surface area contributed by atoms with E-state index in [9.17, 15) is 14.4 Å². The lowest BCUT2D eigenvalue weighted by atomic mass is 9.91. The molecular weight excluding hydrogens is 376 g/mol. The van der Waals surface area contributed by atoms with Crippen LogP contribution in [0.2, 0.25) is 0 Å². The van der Waals surface area contributed by atoms with E-state index in [1.54, 1.807) is 12.1 Å². The molecule has 0 aromatic heterocycles. The molecule has 2 amide bonds. The van der Waals surface area contributed by atoms with E-state index in [1.165, 1.54) is 12.0 Å². The van der Waals surface area contributed by atoms with Crippen molar-refractivity contribution < 1.29 is 28.7 Å². The SMILES string of the molecule is COC(=O)[C@H]1c2ccccc2[C@H]2CN1C(=O)N2OCC(=O)OCc1ccccc1. The molecule has 0 radical (unpaired) electrons. The van der Waals surface area contributed by atoms with Crippen LogP contribution in [0.5, 0.6) is 0 Å². The van der Waals surface area contributed by atoms with Gasteiger partial charge in [-0.25, -0.2) is 14.4 Å². The monoisotopic (exact) mass is 396 g/mol. The Kier molecular flexibility index (Phi) is 5.18. The number of rotatable bonds is 6. The van der Waals surface area contributed by atoms with E-state index in [4.69, 9.17) is 14.3 Å². The summed E-state index contributed by atoms with van der Waals surface area (Å²) in [6, 6.07) is 14.8. The van der Waals surface area contributed by atoms with Gasteiger partial charge in [0.15, 0.2) is 12.6 Å². The molecule has 8 nitrogen and oxygen atoms in total. The number of benzene rings is 2. The van der Waals surface area contributed by atoms with Crippen LogP contribution in [0.15, 0.2) is 54.6 Å². The van der Waals surface area contributed by atoms with Gasteiger partial charge in [0, 0.05) is 0 Å². The zero-order valence-electron chi connectivity index (χ0n) is 15.8. The Morgan fingerprint density at radius 1 is 1.03 bits per heavy atom. The third-order valence-corrected chi connectivity index (χ3v) is 5.04. The van der Waals surface area contributed by atoms with Crippen LogP contribution >= 0.6 is 0 Å². The van der Waals surface area contributed by atoms with Crippen LogP contribution in [0, 0.1) is 0 Å². The van der Waals surface area contributed by atoms with Crippen LogP contribution < -0.4 is 0 Å². The first kappa shape index (κ1) is 18.9. The number of carbonyl (C=O) groups excluding carboxylic acids is 3. The summed E-state index contributed by atoms with van der Waals surface area (Å²) in [6.07, 6.45) is 0. The van der Waals surface area contributed by atoms with Crippen molar-refractivity contribution in [3.05, 3.63) is 71.3 Å². The highest BCUT2D eigenvalue weighted by Gasteiger charge is 2.51. The molecule has 0 N–H and O–H groups in total. The summed E-state index contributed by atoms with van der Waals surface area (Å²) in [6.45, 7) is -0.0115. The summed E-state index contributed by atoms with van der Waals surface area (Å²) in [5.74, 6) is -1.11. The quantitative estimate of drug-likeness (QED) is 0.697. The van der Waals surface area contributed by atoms with Gasteiger partial charge in [0.25, 0.3) is 0 Å². The predicted octanol–water partition coefficient (Wildman–Crippen LogP) is 2.37. The number of hydrogen-bond acceptors (Lipinski definition) is 6. The molecule has 29 heavy (non-hydrogen) atoms. The molecule has 0 unspecified atom stereocenters. The Hall–Kier alpha value is -3.39. The fourth-order valence-corrected chi connectivity index (χ4v) is 3.68. The molecule has 2 aliphatic heterocycles. The van der Waals surface area contributed by atoms with Crippen LogP contribution in [0.4, 0.5) is 4.79 Å². The largest absolute Gasteiger partial charge is 0.467 e. The van der Waals surface area contributed by atoms with Crippen LogP contribution in [0.25, 0.3) is 0 Å². The molecule has 150 valence electrons. The Bertz CT molecular complexity index is 932. The number of ether oxygens (including phenoxy) is 2. The topological polar surface area (TPSA) is 85.4 Å². The average molecular weight is 396 g/mol. The number of urea groups is 1. The molecule has 2 heterocycles. The van der Waals surface area contributed by atoms with E-state index < -0.39 is 36.7 Å². The molecule has 1 saturated heterocycles. The van der Waals surface area contributed by atoms with Crippen molar-refractivity contribution in [1.29, 1.82) is 0 Å². The molecular formula is C21H20N2O6. The third kappa shape index (κ3) is 3.54. The second kappa shape index (κ2) is 7.92. The molecule has 0 aliphatic carbocycles. The summed E-state index contributed by atoms with van der Waals surface area (Å²) < 4.78 is 10.1. The predicted molar refractivity (Wildman–Crippen MR) is 100 cm³/mol. The summed E-state index contributed by atoms with van der Waals surface area (Å²) >= 11 is 0. The van der Waals surface area contributed by atoms with E-state index >= 15 is 0 Å². The van der Waals surface area contributed by atoms with Crippen molar-refractivity contribution in [3.63, 3.8) is 0 Å². The minimum Gasteiger partial charge on any atom is -0.467 e. The number of hydrogen-bond donors (Lipinski definition) is 0. The molecule has 2 atom stereocenters. The highest BCUT2D eigenvalue weighted by atomic mass is 16.7. The number of carbonyl (C=O) groups is 3. The van der Waals surface area contributed by atoms with E-state index in [-0.39, 0.29) is 13.2 Å². The van der Waals surface area contributed by atoms with E-state index in [1.807, 2.05) is 42.5 Å². The maximum absolute atomic E-state index is 12.8. The van der Waals surface area contributed by atoms with Crippen molar-refractivity contribution in [1.82, 2.24) is 9.96 Å². The Balaban J connectivity index is 1.45. The van der Waals surface area contributed by atoms with Crippen LogP contribution in [-0.2, 0) is 30.5 Å². The van der Waals surface area contributed by atoms with Crippen molar-refractivity contribution >= 4 is 18.0 Å². The lowest BCUT2D eigenvalue weighted by molar-refractivity contribution is -0.174. The first-order valence-electron chi connectivity index (χ1n) is 9.19. The first-order chi connectivity index (χ1) is 14.1. The molecule has 2 aliphatic rings. The van der Waals surface area contributed by atoms with Gasteiger partial charge < -0.3 is 14.4 Å². The number of esters is 2. The fraction of sp³-hybridized carbons (Fsp3) is 0.286. The highest BCUT2D eigenvalue weighted by Crippen LogP contribution is 2.44. The molecule has 0 saturated carbocycles. The summed E-state index contributed by atoms with van der Waals surface area (Å²) in [4.78, 5) is 44.1. The van der Waals surface area contributed by atoms with E-state index in [2.05, 4.69) is 0 Å². The van der Waals surface area contributed by atoms with Gasteiger partial charge >= 0.3 is 18.0 Å². The number of nitrogens with zero attached hydrogens (tertiary/aromatic N) is 2. The van der Waals surface area contributed by atoms with Crippen molar-refractivity contribution in [2.75, 3.05) is 20.3 Å². The standard InChI is InChI=1S/C21H20N2O6/c1-27-20(25)19-16-10-6-5-9-15(16)17-11-22(19)21(26)23(17)29-13-18(24)28-12-14-7-3-2-4-8-14/h2-10,17,19H,11-13H2,1H3/t17-,19-/m1/s1. The van der Waals surface area contributed by atoms with Gasteiger partial charge in [-0.2, -0.15) is 5.06 Å². The van der Waals surface area contributed by atoms with Gasteiger partial charge in [-0.3, -0.25) is 4.84 Å². The van der Waals surface area contributed by atoms with E-state index in [0.717, 1.165) is 16.2 Å². The summed E-state index contributed by atoms with van der Waals surface area (Å²) in [5.41, 5.74) is 2.35. The van der Waals surface area contributed by atoms with Crippen LogP contribution in [0.3, 0.4) is 0 Å². The summed E-state index contributed by atoms with van der Waals surface area (Å²) in [5, 5.41) is 1.14. The lowest BCUT2D eigenvalue weighted by Crippen LogP contribution is -2.39. The van der Waals surface area contributed by atoms with Gasteiger partial charge in [-0.05, 0) is 16.7 Å². The Morgan fingerprint density at radius 2 is 1.72 bits per heavy atom. The van der Waals surface area contributed by atoms with Crippen LogP contribution in [-0.4, -0.2) is 48.2 Å². The average Bonchev–Trinajstić information content (AvgIpc) is 3.03. The van der Waals surface area contributed by atoms with Gasteiger partial charge in [-0.15, -0.1) is 0 Å². The Labute approximate surface area is 167 Å². The van der Waals surface area contributed by atoms with Gasteiger partial charge in [0.05, 0.1) is 13.7 Å². The number of hydroxylamine groups is 2. The highest BCUT2D eigenvalue weighted by molar-refractivity contribution is 5.88. The van der Waals surface area contributed by atoms with Crippen molar-refractivity contribution in [2.24, 2.45) is 0 Å². The number of fused-ring (bicyclic) bond motifs is 4. The molecule has 0 spiro atoms. The maximum Gasteiger partial charge on any atom is 0.345 e. The molecule has 2 bridgehead atoms. The van der Waals surface area contributed by atoms with Crippen LogP contribution in [0.1, 0.15) is 28.8 Å². The third-order valence-electron chi connectivity index (χ3n) is 5.04. The maximum atomic E-state index is 12.8. The lowest BCUT2D eigenvalue weighted by Gasteiger charge is -2.30. The second-order valence-electron chi connectivity index (χ2n) is 6.75. The summed E-state index contributed by atoms with van der Waals surface area (Å²) in [7, 11) is 1.29. The molecule has 2 aromatic carbocycles. The van der Waals surface area contributed by atoms with Gasteiger partial charge in [0.2, 0.25) is 0 Å². The molecule has 2 aromatic rings. The minimum absolute atomic E-state index is 0.125. The molecule has 1 fully saturated rings. The van der Waals surface area contributed by atoms with E-state index in [0.29, 0.717) is 5.56 Å². The normalized spacial score (nSPS) is 19.7. The second-order valence-corrected chi connectivity index (χ2v) is 6.75. The zero-order valence-corrected chi connectivity index (χ0v) is 15.8. The molecule has 8 heteroatoms. The fourth-order valence-electron chi connectivity index (χ4n) is 3.68. The first-order valence-corrected chi connectivity index (χ1v) is 9.19. The smallest absolute Gasteiger partial charge is 0.345 e. The number of amides is 2. The van der Waals surface area contributed by atoms with Crippen molar-refractivity contribution in [3.8, 4) is 0 Å². The number of methoxy groups -OCH3 is 1. The Morgan fingerprint density at radius 3 is 2.45 bits per heavy atom. The zero-order chi connectivity index (χ0) is 20.4. The molecule has 4 rings (SSSR count).